The number of carbonyl (C=O) groups is 2. The molecule has 0 aliphatic rings. The molecular formula is C19H24BrN2O3+. The highest BCUT2D eigenvalue weighted by Gasteiger charge is 2.22. The summed E-state index contributed by atoms with van der Waals surface area (Å²) < 4.78 is 6.37. The second kappa shape index (κ2) is 7.97. The predicted molar refractivity (Wildman–Crippen MR) is 101 cm³/mol. The van der Waals surface area contributed by atoms with Gasteiger partial charge in [0, 0.05) is 21.3 Å². The summed E-state index contributed by atoms with van der Waals surface area (Å²) in [7, 11) is 3.61. The maximum atomic E-state index is 12.7. The van der Waals surface area contributed by atoms with E-state index in [0.717, 1.165) is 31.9 Å². The molecule has 0 radical (unpaired) electrons. The highest BCUT2D eigenvalue weighted by Crippen LogP contribution is 2.22. The van der Waals surface area contributed by atoms with Crippen molar-refractivity contribution < 1.29 is 19.2 Å². The number of hydrogen-bond acceptors (Lipinski definition) is 3. The van der Waals surface area contributed by atoms with E-state index in [9.17, 15) is 9.59 Å². The van der Waals surface area contributed by atoms with Crippen LogP contribution in [-0.4, -0.2) is 37.3 Å². The number of ketones is 2. The Kier molecular flexibility index (Phi) is 6.19. The van der Waals surface area contributed by atoms with E-state index in [1.807, 2.05) is 39.1 Å². The number of aryl methyl sites for hydroxylation is 1. The van der Waals surface area contributed by atoms with Crippen LogP contribution in [0.5, 0.6) is 5.75 Å². The third-order valence-electron chi connectivity index (χ3n) is 4.27. The summed E-state index contributed by atoms with van der Waals surface area (Å²) in [4.78, 5) is 28.5. The van der Waals surface area contributed by atoms with Crippen molar-refractivity contribution in [2.24, 2.45) is 0 Å². The number of H-pyrrole nitrogens is 1. The van der Waals surface area contributed by atoms with Gasteiger partial charge in [0.05, 0.1) is 19.9 Å². The molecular weight excluding hydrogens is 384 g/mol. The number of carbonyl (C=O) groups excluding carboxylic acids is 2. The van der Waals surface area contributed by atoms with E-state index in [0.29, 0.717) is 24.3 Å². The summed E-state index contributed by atoms with van der Waals surface area (Å²) in [5.41, 5.74) is 3.67. The third-order valence-corrected chi connectivity index (χ3v) is 4.76. The first-order valence-electron chi connectivity index (χ1n) is 8.11. The summed E-state index contributed by atoms with van der Waals surface area (Å²) in [6, 6.07) is 5.84. The van der Waals surface area contributed by atoms with Crippen LogP contribution in [-0.2, 0) is 6.54 Å². The first-order chi connectivity index (χ1) is 11.7. The topological polar surface area (TPSA) is 63.6 Å². The molecule has 6 heteroatoms. The van der Waals surface area contributed by atoms with Crippen LogP contribution in [0.25, 0.3) is 0 Å². The van der Waals surface area contributed by atoms with E-state index in [2.05, 4.69) is 20.9 Å². The van der Waals surface area contributed by atoms with Crippen LogP contribution >= 0.6 is 15.9 Å². The number of rotatable bonds is 7. The Bertz CT molecular complexity index is 811. The van der Waals surface area contributed by atoms with Crippen molar-refractivity contribution in [3.63, 3.8) is 0 Å². The zero-order valence-electron chi connectivity index (χ0n) is 15.2. The van der Waals surface area contributed by atoms with Crippen LogP contribution in [0.2, 0.25) is 0 Å². The molecule has 1 unspecified atom stereocenters. The second-order valence-electron chi connectivity index (χ2n) is 6.37. The van der Waals surface area contributed by atoms with Crippen molar-refractivity contribution in [1.29, 1.82) is 0 Å². The number of benzene rings is 1. The van der Waals surface area contributed by atoms with Gasteiger partial charge in [-0.1, -0.05) is 15.9 Å². The fourth-order valence-electron chi connectivity index (χ4n) is 3.19. The van der Waals surface area contributed by atoms with Crippen molar-refractivity contribution in [2.45, 2.75) is 27.3 Å². The average Bonchev–Trinajstić information content (AvgIpc) is 2.82. The maximum absolute atomic E-state index is 12.7. The summed E-state index contributed by atoms with van der Waals surface area (Å²) in [6.07, 6.45) is 0. The second-order valence-corrected chi connectivity index (χ2v) is 7.29. The van der Waals surface area contributed by atoms with E-state index in [-0.39, 0.29) is 11.6 Å². The standard InChI is InChI=1S/C19H23BrN2O3/c1-11-18(13(3)23)12(2)21-19(11)16(24)10-22(4)9-14-8-15(20)6-7-17(14)25-5/h6-8,21H,9-10H2,1-5H3/p+1. The van der Waals surface area contributed by atoms with Crippen molar-refractivity contribution >= 4 is 27.5 Å². The summed E-state index contributed by atoms with van der Waals surface area (Å²) >= 11 is 3.47. The Hall–Kier alpha value is -1.92. The minimum atomic E-state index is -0.0233. The monoisotopic (exact) mass is 407 g/mol. The van der Waals surface area contributed by atoms with Gasteiger partial charge >= 0.3 is 0 Å². The number of ether oxygens (including phenoxy) is 1. The Morgan fingerprint density at radius 1 is 1.28 bits per heavy atom. The number of quaternary nitrogens is 1. The van der Waals surface area contributed by atoms with Crippen LogP contribution < -0.4 is 9.64 Å². The smallest absolute Gasteiger partial charge is 0.233 e. The number of hydrogen-bond donors (Lipinski definition) is 2. The van der Waals surface area contributed by atoms with Crippen molar-refractivity contribution in [2.75, 3.05) is 20.7 Å². The normalized spacial score (nSPS) is 12.1. The lowest BCUT2D eigenvalue weighted by molar-refractivity contribution is -0.884. The highest BCUT2D eigenvalue weighted by molar-refractivity contribution is 9.10. The molecule has 0 bridgehead atoms. The van der Waals surface area contributed by atoms with E-state index in [4.69, 9.17) is 4.74 Å². The summed E-state index contributed by atoms with van der Waals surface area (Å²) in [6.45, 7) is 6.15. The molecule has 0 spiro atoms. The number of aromatic amines is 1. The van der Waals surface area contributed by atoms with Gasteiger partial charge in [-0.15, -0.1) is 0 Å². The lowest BCUT2D eigenvalue weighted by Crippen LogP contribution is -3.08. The zero-order chi connectivity index (χ0) is 18.7. The first-order valence-corrected chi connectivity index (χ1v) is 8.90. The molecule has 25 heavy (non-hydrogen) atoms. The summed E-state index contributed by atoms with van der Waals surface area (Å²) in [5.74, 6) is 0.783. The number of methoxy groups -OCH3 is 1. The lowest BCUT2D eigenvalue weighted by atomic mass is 10.1. The molecule has 0 saturated heterocycles. The molecule has 1 heterocycles. The Morgan fingerprint density at radius 3 is 2.52 bits per heavy atom. The zero-order valence-corrected chi connectivity index (χ0v) is 16.8. The minimum absolute atomic E-state index is 0.000404. The number of nitrogens with one attached hydrogen (secondary N) is 2. The molecule has 0 fully saturated rings. The van der Waals surface area contributed by atoms with Gasteiger partial charge < -0.3 is 14.6 Å². The maximum Gasteiger partial charge on any atom is 0.233 e. The minimum Gasteiger partial charge on any atom is -0.496 e. The average molecular weight is 408 g/mol. The van der Waals surface area contributed by atoms with Crippen molar-refractivity contribution in [3.05, 3.63) is 50.8 Å². The molecule has 1 atom stereocenters. The molecule has 1 aromatic carbocycles. The first kappa shape index (κ1) is 19.4. The fraction of sp³-hybridized carbons (Fsp3) is 0.368. The van der Waals surface area contributed by atoms with Crippen LogP contribution in [0.3, 0.4) is 0 Å². The van der Waals surface area contributed by atoms with E-state index in [1.165, 1.54) is 6.92 Å². The van der Waals surface area contributed by atoms with Gasteiger partial charge in [-0.25, -0.2) is 0 Å². The van der Waals surface area contributed by atoms with Crippen LogP contribution in [0.15, 0.2) is 22.7 Å². The molecule has 134 valence electrons. The third kappa shape index (κ3) is 4.38. The quantitative estimate of drug-likeness (QED) is 0.693. The number of aromatic nitrogens is 1. The lowest BCUT2D eigenvalue weighted by Gasteiger charge is -2.15. The van der Waals surface area contributed by atoms with Gasteiger partial charge in [-0.3, -0.25) is 9.59 Å². The van der Waals surface area contributed by atoms with Gasteiger partial charge in [0.25, 0.3) is 0 Å². The molecule has 0 aliphatic heterocycles. The van der Waals surface area contributed by atoms with E-state index in [1.54, 1.807) is 7.11 Å². The van der Waals surface area contributed by atoms with Crippen LogP contribution in [0.1, 0.15) is 44.6 Å². The van der Waals surface area contributed by atoms with Gasteiger partial charge in [0.15, 0.2) is 5.78 Å². The SMILES string of the molecule is COc1ccc(Br)cc1C[NH+](C)CC(=O)c1[nH]c(C)c(C(C)=O)c1C. The van der Waals surface area contributed by atoms with Crippen LogP contribution in [0, 0.1) is 13.8 Å². The van der Waals surface area contributed by atoms with E-state index >= 15 is 0 Å². The molecule has 0 saturated carbocycles. The highest BCUT2D eigenvalue weighted by atomic mass is 79.9. The van der Waals surface area contributed by atoms with E-state index < -0.39 is 0 Å². The number of halogens is 1. The van der Waals surface area contributed by atoms with Gasteiger partial charge in [-0.2, -0.15) is 0 Å². The molecule has 5 nitrogen and oxygen atoms in total. The van der Waals surface area contributed by atoms with Crippen molar-refractivity contribution in [1.82, 2.24) is 4.98 Å². The molecule has 2 N–H and O–H groups in total. The van der Waals surface area contributed by atoms with Crippen LogP contribution in [0.4, 0.5) is 0 Å². The van der Waals surface area contributed by atoms with Gasteiger partial charge in [-0.05, 0) is 44.5 Å². The Balaban J connectivity index is 2.15. The Morgan fingerprint density at radius 2 is 1.96 bits per heavy atom. The number of Topliss-reactive ketones (excluding diaryl/α,β-unsaturated/α-hetero) is 2. The van der Waals surface area contributed by atoms with Crippen molar-refractivity contribution in [3.8, 4) is 5.75 Å². The largest absolute Gasteiger partial charge is 0.496 e. The Labute approximate surface area is 156 Å². The van der Waals surface area contributed by atoms with Gasteiger partial charge in [0.2, 0.25) is 5.78 Å². The molecule has 2 aromatic rings. The predicted octanol–water partition coefficient (Wildman–Crippen LogP) is 2.50. The number of likely N-dealkylation sites (N-methyl/N-ethyl adjacent to an activating group) is 1. The molecule has 0 aliphatic carbocycles. The molecule has 0 amide bonds. The summed E-state index contributed by atoms with van der Waals surface area (Å²) in [5, 5.41) is 0. The van der Waals surface area contributed by atoms with Gasteiger partial charge in [0.1, 0.15) is 18.8 Å². The molecule has 2 rings (SSSR count). The molecule has 1 aromatic heterocycles. The fourth-order valence-corrected chi connectivity index (χ4v) is 3.60.